The van der Waals surface area contributed by atoms with Gasteiger partial charge in [0.15, 0.2) is 0 Å². The van der Waals surface area contributed by atoms with Crippen LogP contribution in [-0.2, 0) is 27.2 Å². The minimum atomic E-state index is -1.18. The van der Waals surface area contributed by atoms with Crippen molar-refractivity contribution < 1.29 is 19.5 Å². The van der Waals surface area contributed by atoms with E-state index in [0.717, 1.165) is 0 Å². The highest BCUT2D eigenvalue weighted by Crippen LogP contribution is 2.05. The Morgan fingerprint density at radius 3 is 2.17 bits per heavy atom. The molecule has 2 heterocycles. The maximum absolute atomic E-state index is 12.7. The number of aliphatic carboxylic acids is 1. The lowest BCUT2D eigenvalue weighted by Gasteiger charge is -2.22. The molecule has 0 aromatic carbocycles. The predicted molar refractivity (Wildman–Crippen MR) is 107 cm³/mol. The Hall–Kier alpha value is -2.86. The van der Waals surface area contributed by atoms with Crippen molar-refractivity contribution in [1.29, 1.82) is 0 Å². The molecule has 0 fully saturated rings. The first-order valence-corrected chi connectivity index (χ1v) is 10.3. The molecule has 0 spiro atoms. The molecule has 158 valence electrons. The quantitative estimate of drug-likeness (QED) is 0.253. The summed E-state index contributed by atoms with van der Waals surface area (Å²) >= 11 is 1.51. The van der Waals surface area contributed by atoms with Crippen molar-refractivity contribution >= 4 is 29.5 Å². The van der Waals surface area contributed by atoms with E-state index >= 15 is 0 Å². The van der Waals surface area contributed by atoms with Crippen LogP contribution in [0.1, 0.15) is 17.8 Å². The molecule has 3 unspecified atom stereocenters. The number of aromatic amines is 2. The van der Waals surface area contributed by atoms with E-state index in [1.807, 2.05) is 6.26 Å². The zero-order valence-corrected chi connectivity index (χ0v) is 16.7. The lowest BCUT2D eigenvalue weighted by Crippen LogP contribution is -2.55. The Morgan fingerprint density at radius 1 is 1.07 bits per heavy atom. The lowest BCUT2D eigenvalue weighted by atomic mass is 10.1. The number of nitrogens with zero attached hydrogens (tertiary/aromatic N) is 2. The van der Waals surface area contributed by atoms with Crippen LogP contribution in [0.2, 0.25) is 0 Å². The van der Waals surface area contributed by atoms with E-state index in [9.17, 15) is 19.5 Å². The highest BCUT2D eigenvalue weighted by Gasteiger charge is 2.28. The predicted octanol–water partition coefficient (Wildman–Crippen LogP) is -0.947. The molecule has 2 aromatic rings. The molecule has 0 saturated carbocycles. The van der Waals surface area contributed by atoms with Crippen LogP contribution in [0.4, 0.5) is 0 Å². The van der Waals surface area contributed by atoms with E-state index in [1.54, 1.807) is 6.20 Å². The molecule has 29 heavy (non-hydrogen) atoms. The zero-order valence-electron chi connectivity index (χ0n) is 15.9. The Kier molecular flexibility index (Phi) is 8.68. The van der Waals surface area contributed by atoms with Crippen LogP contribution in [0.3, 0.4) is 0 Å². The second kappa shape index (κ2) is 11.2. The van der Waals surface area contributed by atoms with Crippen molar-refractivity contribution in [3.05, 3.63) is 36.4 Å². The third kappa shape index (κ3) is 7.23. The number of aromatic nitrogens is 4. The number of carboxylic acid groups (broad SMARTS) is 1. The minimum absolute atomic E-state index is 0.0452. The van der Waals surface area contributed by atoms with E-state index < -0.39 is 35.9 Å². The molecule has 11 nitrogen and oxygen atoms in total. The number of nitrogens with one attached hydrogen (secondary N) is 4. The summed E-state index contributed by atoms with van der Waals surface area (Å²) in [7, 11) is 0. The summed E-state index contributed by atoms with van der Waals surface area (Å²) in [5.41, 5.74) is 7.19. The normalized spacial score (nSPS) is 14.0. The molecule has 0 bridgehead atoms. The Bertz CT molecular complexity index is 782. The van der Waals surface area contributed by atoms with Crippen molar-refractivity contribution in [3.8, 4) is 0 Å². The maximum Gasteiger partial charge on any atom is 0.326 e. The van der Waals surface area contributed by atoms with Crippen LogP contribution in [0.25, 0.3) is 0 Å². The van der Waals surface area contributed by atoms with Crippen LogP contribution in [0.15, 0.2) is 25.0 Å². The highest BCUT2D eigenvalue weighted by molar-refractivity contribution is 7.98. The summed E-state index contributed by atoms with van der Waals surface area (Å²) in [6, 6.07) is -2.93. The monoisotopic (exact) mass is 423 g/mol. The average Bonchev–Trinajstić information content (AvgIpc) is 3.38. The van der Waals surface area contributed by atoms with E-state index in [4.69, 9.17) is 5.73 Å². The fourth-order valence-corrected chi connectivity index (χ4v) is 3.07. The summed E-state index contributed by atoms with van der Waals surface area (Å²) in [6.07, 6.45) is 8.47. The number of H-pyrrole nitrogens is 2. The summed E-state index contributed by atoms with van der Waals surface area (Å²) in [4.78, 5) is 50.0. The molecule has 0 radical (unpaired) electrons. The first-order chi connectivity index (χ1) is 13.9. The number of nitrogens with two attached hydrogens (primary N) is 1. The topological polar surface area (TPSA) is 179 Å². The van der Waals surface area contributed by atoms with E-state index in [1.165, 1.54) is 30.6 Å². The number of thioether (sulfide) groups is 1. The molecule has 2 amide bonds. The first kappa shape index (κ1) is 22.4. The summed E-state index contributed by atoms with van der Waals surface area (Å²) in [6.45, 7) is 0. The second-order valence-corrected chi connectivity index (χ2v) is 7.40. The fraction of sp³-hybridized carbons (Fsp3) is 0.471. The smallest absolute Gasteiger partial charge is 0.326 e. The number of hydrogen-bond donors (Lipinski definition) is 6. The first-order valence-electron chi connectivity index (χ1n) is 8.93. The number of hydrogen-bond acceptors (Lipinski definition) is 7. The van der Waals surface area contributed by atoms with Gasteiger partial charge in [-0.05, 0) is 18.4 Å². The van der Waals surface area contributed by atoms with Gasteiger partial charge in [-0.25, -0.2) is 14.8 Å². The molecule has 3 atom stereocenters. The van der Waals surface area contributed by atoms with Crippen LogP contribution in [0, 0.1) is 0 Å². The molecule has 0 aliphatic carbocycles. The summed E-state index contributed by atoms with van der Waals surface area (Å²) < 4.78 is 0. The van der Waals surface area contributed by atoms with Gasteiger partial charge in [-0.15, -0.1) is 0 Å². The van der Waals surface area contributed by atoms with Gasteiger partial charge >= 0.3 is 5.97 Å². The standard InChI is InChI=1S/C17H25N7O4S/c1-29-3-2-13(23-15(25)12(18)4-10-6-19-8-21-10)16(26)24-14(17(27)28)5-11-7-20-9-22-11/h6-9,12-14H,2-5,18H2,1H3,(H,19,21)(H,20,22)(H,23,25)(H,24,26)(H,27,28). The van der Waals surface area contributed by atoms with Gasteiger partial charge in [0.25, 0.3) is 0 Å². The number of carbonyl (C=O) groups is 3. The van der Waals surface area contributed by atoms with Gasteiger partial charge in [0.1, 0.15) is 12.1 Å². The van der Waals surface area contributed by atoms with E-state index in [2.05, 4.69) is 30.6 Å². The number of rotatable bonds is 12. The highest BCUT2D eigenvalue weighted by atomic mass is 32.2. The number of imidazole rings is 2. The largest absolute Gasteiger partial charge is 0.480 e. The SMILES string of the molecule is CSCCC(NC(=O)C(N)Cc1cnc[nH]1)C(=O)NC(Cc1cnc[nH]1)C(=O)O. The van der Waals surface area contributed by atoms with Crippen molar-refractivity contribution in [1.82, 2.24) is 30.6 Å². The lowest BCUT2D eigenvalue weighted by molar-refractivity contribution is -0.142. The van der Waals surface area contributed by atoms with Gasteiger partial charge in [0, 0.05) is 36.6 Å². The molecular weight excluding hydrogens is 398 g/mol. The molecule has 7 N–H and O–H groups in total. The van der Waals surface area contributed by atoms with E-state index in [-0.39, 0.29) is 12.8 Å². The van der Waals surface area contributed by atoms with Crippen molar-refractivity contribution in [2.24, 2.45) is 5.73 Å². The van der Waals surface area contributed by atoms with Gasteiger partial charge in [0.05, 0.1) is 18.7 Å². The fourth-order valence-electron chi connectivity index (χ4n) is 2.60. The van der Waals surface area contributed by atoms with Gasteiger partial charge in [0.2, 0.25) is 11.8 Å². The van der Waals surface area contributed by atoms with Gasteiger partial charge in [-0.3, -0.25) is 9.59 Å². The van der Waals surface area contributed by atoms with Crippen molar-refractivity contribution in [2.45, 2.75) is 37.4 Å². The number of carbonyl (C=O) groups excluding carboxylic acids is 2. The Labute approximate surface area is 171 Å². The third-order valence-electron chi connectivity index (χ3n) is 4.17. The molecule has 12 heteroatoms. The van der Waals surface area contributed by atoms with Crippen LogP contribution in [0.5, 0.6) is 0 Å². The van der Waals surface area contributed by atoms with Gasteiger partial charge in [-0.1, -0.05) is 0 Å². The maximum atomic E-state index is 12.7. The summed E-state index contributed by atoms with van der Waals surface area (Å²) in [5, 5.41) is 14.5. The molecule has 0 aliphatic rings. The molecule has 2 aromatic heterocycles. The van der Waals surface area contributed by atoms with E-state index in [0.29, 0.717) is 23.6 Å². The number of amides is 2. The van der Waals surface area contributed by atoms with Gasteiger partial charge < -0.3 is 31.4 Å². The molecule has 0 saturated heterocycles. The van der Waals surface area contributed by atoms with Crippen molar-refractivity contribution in [2.75, 3.05) is 12.0 Å². The number of carboxylic acids is 1. The molecular formula is C17H25N7O4S. The van der Waals surface area contributed by atoms with Crippen molar-refractivity contribution in [3.63, 3.8) is 0 Å². The second-order valence-electron chi connectivity index (χ2n) is 6.41. The van der Waals surface area contributed by atoms with Crippen LogP contribution in [-0.4, -0.2) is 73.0 Å². The van der Waals surface area contributed by atoms with Crippen LogP contribution >= 0.6 is 11.8 Å². The minimum Gasteiger partial charge on any atom is -0.480 e. The average molecular weight is 423 g/mol. The van der Waals surface area contributed by atoms with Crippen LogP contribution < -0.4 is 16.4 Å². The zero-order chi connectivity index (χ0) is 21.2. The third-order valence-corrected chi connectivity index (χ3v) is 4.81. The van der Waals surface area contributed by atoms with Gasteiger partial charge in [-0.2, -0.15) is 11.8 Å². The molecule has 2 rings (SSSR count). The molecule has 0 aliphatic heterocycles. The Morgan fingerprint density at radius 2 is 1.66 bits per heavy atom. The summed E-state index contributed by atoms with van der Waals surface area (Å²) in [5.74, 6) is -1.65. The Balaban J connectivity index is 1.99.